The molecule has 0 N–H and O–H groups in total. The van der Waals surface area contributed by atoms with Crippen molar-refractivity contribution in [2.24, 2.45) is 0 Å². The fraction of sp³-hybridized carbons (Fsp3) is 0.263. The molecule has 24 heavy (non-hydrogen) atoms. The molecule has 2 heterocycles. The lowest BCUT2D eigenvalue weighted by molar-refractivity contribution is -0.119. The number of methoxy groups -OCH3 is 1. The Labute approximate surface area is 140 Å². The molecule has 1 aliphatic rings. The van der Waals surface area contributed by atoms with E-state index in [9.17, 15) is 4.79 Å². The first-order valence-corrected chi connectivity index (χ1v) is 8.14. The van der Waals surface area contributed by atoms with Crippen molar-refractivity contribution in [3.05, 3.63) is 54.4 Å². The number of benzene rings is 2. The third-order valence-corrected chi connectivity index (χ3v) is 4.65. The lowest BCUT2D eigenvalue weighted by Crippen LogP contribution is -2.23. The molecule has 2 aromatic carbocycles. The Morgan fingerprint density at radius 2 is 1.96 bits per heavy atom. The van der Waals surface area contributed by atoms with Crippen LogP contribution in [0.25, 0.3) is 16.7 Å². The summed E-state index contributed by atoms with van der Waals surface area (Å²) in [6, 6.07) is 16.0. The number of carbonyl (C=O) groups excluding carboxylic acids is 1. The zero-order valence-corrected chi connectivity index (χ0v) is 13.6. The van der Waals surface area contributed by atoms with E-state index in [1.165, 1.54) is 0 Å². The predicted molar refractivity (Wildman–Crippen MR) is 92.4 cm³/mol. The molecule has 1 amide bonds. The van der Waals surface area contributed by atoms with Crippen LogP contribution in [-0.2, 0) is 4.79 Å². The van der Waals surface area contributed by atoms with Gasteiger partial charge in [0.2, 0.25) is 6.41 Å². The van der Waals surface area contributed by atoms with E-state index in [0.29, 0.717) is 0 Å². The van der Waals surface area contributed by atoms with Gasteiger partial charge in [-0.3, -0.25) is 9.36 Å². The van der Waals surface area contributed by atoms with Crippen LogP contribution in [0.15, 0.2) is 48.5 Å². The van der Waals surface area contributed by atoms with Gasteiger partial charge >= 0.3 is 0 Å². The number of imidazole rings is 1. The Kier molecular flexibility index (Phi) is 3.69. The first kappa shape index (κ1) is 14.8. The first-order chi connectivity index (χ1) is 11.8. The summed E-state index contributed by atoms with van der Waals surface area (Å²) >= 11 is 0. The molecule has 0 spiro atoms. The summed E-state index contributed by atoms with van der Waals surface area (Å²) in [4.78, 5) is 18.1. The van der Waals surface area contributed by atoms with Crippen LogP contribution in [-0.4, -0.2) is 34.5 Å². The molecule has 122 valence electrons. The zero-order valence-electron chi connectivity index (χ0n) is 13.6. The van der Waals surface area contributed by atoms with Crippen molar-refractivity contribution >= 4 is 17.4 Å². The number of amides is 1. The summed E-state index contributed by atoms with van der Waals surface area (Å²) in [5.74, 6) is 1.74. The fourth-order valence-electron chi connectivity index (χ4n) is 3.46. The van der Waals surface area contributed by atoms with Crippen molar-refractivity contribution in [2.75, 3.05) is 13.7 Å². The Morgan fingerprint density at radius 3 is 2.71 bits per heavy atom. The van der Waals surface area contributed by atoms with Crippen molar-refractivity contribution in [1.29, 1.82) is 0 Å². The van der Waals surface area contributed by atoms with Gasteiger partial charge in [-0.15, -0.1) is 0 Å². The highest BCUT2D eigenvalue weighted by atomic mass is 16.5. The van der Waals surface area contributed by atoms with Crippen LogP contribution in [0.4, 0.5) is 0 Å². The number of nitrogens with zero attached hydrogens (tertiary/aromatic N) is 3. The smallest absolute Gasteiger partial charge is 0.210 e. The number of ether oxygens (including phenoxy) is 1. The molecule has 1 fully saturated rings. The van der Waals surface area contributed by atoms with Crippen LogP contribution in [0.1, 0.15) is 24.7 Å². The van der Waals surface area contributed by atoms with E-state index in [-0.39, 0.29) is 6.04 Å². The van der Waals surface area contributed by atoms with Crippen molar-refractivity contribution in [1.82, 2.24) is 14.5 Å². The van der Waals surface area contributed by atoms with Crippen LogP contribution in [0, 0.1) is 0 Å². The van der Waals surface area contributed by atoms with E-state index in [1.807, 2.05) is 47.4 Å². The Bertz CT molecular complexity index is 870. The first-order valence-electron chi connectivity index (χ1n) is 8.14. The summed E-state index contributed by atoms with van der Waals surface area (Å²) in [5.41, 5.74) is 3.02. The van der Waals surface area contributed by atoms with E-state index in [2.05, 4.69) is 10.6 Å². The number of aromatic nitrogens is 2. The highest BCUT2D eigenvalue weighted by Crippen LogP contribution is 2.34. The molecule has 0 bridgehead atoms. The second kappa shape index (κ2) is 6.00. The van der Waals surface area contributed by atoms with Crippen LogP contribution < -0.4 is 4.74 Å². The number of rotatable bonds is 4. The number of hydrogen-bond acceptors (Lipinski definition) is 3. The van der Waals surface area contributed by atoms with E-state index in [1.54, 1.807) is 7.11 Å². The van der Waals surface area contributed by atoms with Crippen LogP contribution in [0.3, 0.4) is 0 Å². The van der Waals surface area contributed by atoms with Gasteiger partial charge in [0.25, 0.3) is 0 Å². The third-order valence-electron chi connectivity index (χ3n) is 4.65. The van der Waals surface area contributed by atoms with Crippen molar-refractivity contribution in [2.45, 2.75) is 18.9 Å². The molecule has 4 rings (SSSR count). The summed E-state index contributed by atoms with van der Waals surface area (Å²) in [5, 5.41) is 0. The van der Waals surface area contributed by atoms with Gasteiger partial charge in [0.15, 0.2) is 0 Å². The standard InChI is InChI=1S/C19H19N3O2/c1-24-15-10-8-14(9-11-15)22-17-6-3-2-5-16(17)20-19(22)18-7-4-12-21(18)13-23/h2-3,5-6,8-11,13,18H,4,7,12H2,1H3. The molecule has 5 nitrogen and oxygen atoms in total. The maximum absolute atomic E-state index is 11.4. The van der Waals surface area contributed by atoms with Gasteiger partial charge in [-0.2, -0.15) is 0 Å². The van der Waals surface area contributed by atoms with Crippen molar-refractivity contribution in [3.63, 3.8) is 0 Å². The van der Waals surface area contributed by atoms with E-state index >= 15 is 0 Å². The van der Waals surface area contributed by atoms with Crippen LogP contribution in [0.5, 0.6) is 5.75 Å². The molecule has 5 heteroatoms. The third kappa shape index (κ3) is 2.33. The molecule has 1 aliphatic heterocycles. The van der Waals surface area contributed by atoms with E-state index < -0.39 is 0 Å². The lowest BCUT2D eigenvalue weighted by Gasteiger charge is -2.21. The molecule has 1 atom stereocenters. The average Bonchev–Trinajstić information content (AvgIpc) is 3.25. The van der Waals surface area contributed by atoms with Crippen LogP contribution >= 0.6 is 0 Å². The number of fused-ring (bicyclic) bond motifs is 1. The molecule has 0 radical (unpaired) electrons. The summed E-state index contributed by atoms with van der Waals surface area (Å²) in [6.07, 6.45) is 2.89. The molecule has 0 saturated carbocycles. The van der Waals surface area contributed by atoms with Gasteiger partial charge in [0.05, 0.1) is 24.2 Å². The minimum atomic E-state index is 0.0250. The van der Waals surface area contributed by atoms with E-state index in [0.717, 1.165) is 54.1 Å². The maximum atomic E-state index is 11.4. The van der Waals surface area contributed by atoms with Crippen molar-refractivity contribution < 1.29 is 9.53 Å². The molecular weight excluding hydrogens is 302 g/mol. The monoisotopic (exact) mass is 321 g/mol. The van der Waals surface area contributed by atoms with Gasteiger partial charge < -0.3 is 9.64 Å². The van der Waals surface area contributed by atoms with Gasteiger partial charge in [0, 0.05) is 12.2 Å². The Hall–Kier alpha value is -2.82. The largest absolute Gasteiger partial charge is 0.497 e. The highest BCUT2D eigenvalue weighted by Gasteiger charge is 2.30. The number of para-hydroxylation sites is 2. The summed E-state index contributed by atoms with van der Waals surface area (Å²) in [7, 11) is 1.66. The fourth-order valence-corrected chi connectivity index (χ4v) is 3.46. The van der Waals surface area contributed by atoms with Gasteiger partial charge in [-0.1, -0.05) is 12.1 Å². The molecular formula is C19H19N3O2. The van der Waals surface area contributed by atoms with Gasteiger partial charge in [-0.05, 0) is 49.2 Å². The number of hydrogen-bond donors (Lipinski definition) is 0. The highest BCUT2D eigenvalue weighted by molar-refractivity contribution is 5.78. The second-order valence-electron chi connectivity index (χ2n) is 5.99. The minimum absolute atomic E-state index is 0.0250. The number of carbonyl (C=O) groups is 1. The predicted octanol–water partition coefficient (Wildman–Crippen LogP) is 3.33. The molecule has 1 aromatic heterocycles. The molecule has 3 aromatic rings. The minimum Gasteiger partial charge on any atom is -0.497 e. The normalized spacial score (nSPS) is 17.4. The van der Waals surface area contributed by atoms with E-state index in [4.69, 9.17) is 9.72 Å². The summed E-state index contributed by atoms with van der Waals surface area (Å²) < 4.78 is 7.41. The zero-order chi connectivity index (χ0) is 16.5. The SMILES string of the molecule is COc1ccc(-n2c(C3CCCN3C=O)nc3ccccc32)cc1. The quantitative estimate of drug-likeness (QED) is 0.693. The maximum Gasteiger partial charge on any atom is 0.210 e. The lowest BCUT2D eigenvalue weighted by atomic mass is 10.2. The number of likely N-dealkylation sites (tertiary alicyclic amines) is 1. The molecule has 1 unspecified atom stereocenters. The molecule has 0 aliphatic carbocycles. The average molecular weight is 321 g/mol. The van der Waals surface area contributed by atoms with Crippen LogP contribution in [0.2, 0.25) is 0 Å². The molecule has 1 saturated heterocycles. The van der Waals surface area contributed by atoms with Crippen molar-refractivity contribution in [3.8, 4) is 11.4 Å². The Morgan fingerprint density at radius 1 is 1.17 bits per heavy atom. The Balaban J connectivity index is 1.91. The van der Waals surface area contributed by atoms with Gasteiger partial charge in [-0.25, -0.2) is 4.98 Å². The topological polar surface area (TPSA) is 47.4 Å². The second-order valence-corrected chi connectivity index (χ2v) is 5.99. The van der Waals surface area contributed by atoms with Gasteiger partial charge in [0.1, 0.15) is 11.6 Å². The summed E-state index contributed by atoms with van der Waals surface area (Å²) in [6.45, 7) is 0.792.